The van der Waals surface area contributed by atoms with Gasteiger partial charge in [0.05, 0.1) is 0 Å². The summed E-state index contributed by atoms with van der Waals surface area (Å²) < 4.78 is 39.4. The van der Waals surface area contributed by atoms with Crippen LogP contribution in [0.4, 0.5) is 0 Å². The van der Waals surface area contributed by atoms with Crippen LogP contribution in [-0.4, -0.2) is 17.5 Å². The van der Waals surface area contributed by atoms with Gasteiger partial charge in [0, 0.05) is 22.4 Å². The summed E-state index contributed by atoms with van der Waals surface area (Å²) in [5.41, 5.74) is 0. The van der Waals surface area contributed by atoms with E-state index in [0.717, 1.165) is 0 Å². The monoisotopic (exact) mass is 234 g/mol. The average Bonchev–Trinajstić information content (AvgIpc) is 1.14. The Morgan fingerprint density at radius 3 is 1.40 bits per heavy atom. The SMILES string of the molecule is O=S(O)(=S)OS(=O)(O)=S.[H-].[Na+]. The Kier molecular flexibility index (Phi) is 6.51. The van der Waals surface area contributed by atoms with Gasteiger partial charge in [-0.1, -0.05) is 0 Å². The fourth-order valence-electron chi connectivity index (χ4n) is 0.109. The van der Waals surface area contributed by atoms with Crippen LogP contribution in [0.2, 0.25) is 0 Å². The molecule has 0 fully saturated rings. The molecule has 0 heterocycles. The van der Waals surface area contributed by atoms with Gasteiger partial charge in [0.1, 0.15) is 0 Å². The van der Waals surface area contributed by atoms with E-state index in [1.54, 1.807) is 0 Å². The molecule has 0 saturated heterocycles. The molecule has 0 aliphatic rings. The van der Waals surface area contributed by atoms with Crippen molar-refractivity contribution in [3.8, 4) is 0 Å². The molecule has 0 bridgehead atoms. The first kappa shape index (κ1) is 14.2. The zero-order valence-corrected chi connectivity index (χ0v) is 10.0. The standard InChI is InChI=1S/Na.H2O5S4.H/c;1-8(2,6)5-9(3,4)7;/h;(H,1,2,6)(H,3,4,7);/q+1;;-1. The molecule has 2 N–H and O–H groups in total. The van der Waals surface area contributed by atoms with E-state index < -0.39 is 18.1 Å². The largest absolute Gasteiger partial charge is 1.00 e. The van der Waals surface area contributed by atoms with Crippen molar-refractivity contribution in [1.82, 2.24) is 0 Å². The van der Waals surface area contributed by atoms with Crippen LogP contribution in [0.5, 0.6) is 0 Å². The van der Waals surface area contributed by atoms with Crippen LogP contribution in [-0.2, 0) is 44.1 Å². The maximum absolute atomic E-state index is 9.94. The predicted molar refractivity (Wildman–Crippen MR) is 38.5 cm³/mol. The molecule has 0 rings (SSSR count). The van der Waals surface area contributed by atoms with Crippen molar-refractivity contribution in [2.75, 3.05) is 0 Å². The third kappa shape index (κ3) is 12.3. The smallest absolute Gasteiger partial charge is 1.00 e. The second-order valence-electron chi connectivity index (χ2n) is 0.924. The summed E-state index contributed by atoms with van der Waals surface area (Å²) in [6, 6.07) is 0. The summed E-state index contributed by atoms with van der Waals surface area (Å²) in [5, 5.41) is 0. The summed E-state index contributed by atoms with van der Waals surface area (Å²) in [6.07, 6.45) is 0. The molecule has 58 valence electrons. The fraction of sp³-hybridized carbons (Fsp3) is 0. The molecular formula is H3NaO5S4. The van der Waals surface area contributed by atoms with Crippen molar-refractivity contribution in [3.05, 3.63) is 0 Å². The number of hydrogen-bond acceptors (Lipinski definition) is 5. The van der Waals surface area contributed by atoms with Gasteiger partial charge < -0.3 is 1.43 Å². The van der Waals surface area contributed by atoms with E-state index in [9.17, 15) is 8.42 Å². The van der Waals surface area contributed by atoms with Crippen molar-refractivity contribution < 1.29 is 52.1 Å². The molecule has 10 heteroatoms. The van der Waals surface area contributed by atoms with Gasteiger partial charge in [-0.25, -0.2) is 0 Å². The molecule has 0 aromatic rings. The van der Waals surface area contributed by atoms with E-state index in [1.807, 2.05) is 0 Å². The van der Waals surface area contributed by atoms with Crippen LogP contribution < -0.4 is 29.6 Å². The summed E-state index contributed by atoms with van der Waals surface area (Å²) in [5.74, 6) is 0. The molecule has 0 radical (unpaired) electrons. The van der Waals surface area contributed by atoms with E-state index in [1.165, 1.54) is 0 Å². The van der Waals surface area contributed by atoms with Gasteiger partial charge in [0.2, 0.25) is 0 Å². The predicted octanol–water partition coefficient (Wildman–Crippen LogP) is -3.61. The molecule has 0 saturated carbocycles. The van der Waals surface area contributed by atoms with E-state index in [2.05, 4.69) is 26.0 Å². The molecule has 10 heavy (non-hydrogen) atoms. The van der Waals surface area contributed by atoms with Crippen molar-refractivity contribution in [1.29, 1.82) is 0 Å². The molecule has 5 nitrogen and oxygen atoms in total. The van der Waals surface area contributed by atoms with E-state index in [-0.39, 0.29) is 31.0 Å². The molecule has 0 unspecified atom stereocenters. The molecular weight excluding hydrogens is 231 g/mol. The van der Waals surface area contributed by atoms with Crippen molar-refractivity contribution in [3.63, 3.8) is 0 Å². The van der Waals surface area contributed by atoms with E-state index >= 15 is 0 Å². The Bertz CT molecular complexity index is 244. The second kappa shape index (κ2) is 4.60. The fourth-order valence-corrected chi connectivity index (χ4v) is 2.65. The van der Waals surface area contributed by atoms with Gasteiger partial charge in [0.25, 0.3) is 18.1 Å². The third-order valence-corrected chi connectivity index (χ3v) is 2.55. The molecule has 0 aromatic heterocycles. The normalized spacial score (nSPS) is 21.8. The Morgan fingerprint density at radius 2 is 1.40 bits per heavy atom. The average molecular weight is 234 g/mol. The van der Waals surface area contributed by atoms with Crippen LogP contribution in [0.15, 0.2) is 0 Å². The van der Waals surface area contributed by atoms with Crippen molar-refractivity contribution in [2.45, 2.75) is 0 Å². The Morgan fingerprint density at radius 1 is 1.20 bits per heavy atom. The molecule has 0 spiro atoms. The Balaban J connectivity index is -0.000000320. The summed E-state index contributed by atoms with van der Waals surface area (Å²) >= 11 is 7.38. The van der Waals surface area contributed by atoms with Gasteiger partial charge in [-0.05, 0) is 0 Å². The first-order chi connectivity index (χ1) is 3.71. The molecule has 0 aromatic carbocycles. The van der Waals surface area contributed by atoms with Crippen LogP contribution in [0, 0.1) is 0 Å². The maximum atomic E-state index is 9.94. The van der Waals surface area contributed by atoms with Gasteiger partial charge >= 0.3 is 29.6 Å². The van der Waals surface area contributed by atoms with Crippen LogP contribution >= 0.6 is 0 Å². The minimum Gasteiger partial charge on any atom is -1.00 e. The van der Waals surface area contributed by atoms with Crippen molar-refractivity contribution >= 4 is 40.5 Å². The van der Waals surface area contributed by atoms with Gasteiger partial charge in [0.15, 0.2) is 0 Å². The third-order valence-electron chi connectivity index (χ3n) is 0.172. The molecule has 0 aliphatic carbocycles. The second-order valence-corrected chi connectivity index (χ2v) is 5.71. The topological polar surface area (TPSA) is 83.8 Å². The van der Waals surface area contributed by atoms with E-state index in [4.69, 9.17) is 9.11 Å². The number of hydrogen-bond donors (Lipinski definition) is 2. The molecule has 0 amide bonds. The van der Waals surface area contributed by atoms with Gasteiger partial charge in [-0.3, -0.25) is 9.11 Å². The van der Waals surface area contributed by atoms with Crippen LogP contribution in [0.1, 0.15) is 1.43 Å². The Hall–Kier alpha value is 1.62. The zero-order chi connectivity index (χ0) is 7.71. The molecule has 0 aliphatic heterocycles. The summed E-state index contributed by atoms with van der Waals surface area (Å²) in [7, 11) is -8.16. The summed E-state index contributed by atoms with van der Waals surface area (Å²) in [6.45, 7) is 0. The quantitative estimate of drug-likeness (QED) is 0.477. The molecule has 0 atom stereocenters. The minimum absolute atomic E-state index is 0. The first-order valence-electron chi connectivity index (χ1n) is 1.37. The van der Waals surface area contributed by atoms with Gasteiger partial charge in [-0.15, -0.1) is 3.63 Å². The van der Waals surface area contributed by atoms with Crippen LogP contribution in [0.25, 0.3) is 0 Å². The Labute approximate surface area is 91.7 Å². The van der Waals surface area contributed by atoms with E-state index in [0.29, 0.717) is 0 Å². The minimum atomic E-state index is -4.08. The maximum Gasteiger partial charge on any atom is 1.00 e. The number of rotatable bonds is 2. The van der Waals surface area contributed by atoms with Gasteiger partial charge in [-0.2, -0.15) is 8.42 Å². The van der Waals surface area contributed by atoms with Crippen molar-refractivity contribution in [2.24, 2.45) is 0 Å². The first-order valence-corrected chi connectivity index (χ1v) is 6.10. The summed E-state index contributed by atoms with van der Waals surface area (Å²) in [4.78, 5) is 0. The van der Waals surface area contributed by atoms with Crippen LogP contribution in [0.3, 0.4) is 0 Å². The zero-order valence-electron chi connectivity index (χ0n) is 5.75.